The summed E-state index contributed by atoms with van der Waals surface area (Å²) in [6, 6.07) is 14.9. The summed E-state index contributed by atoms with van der Waals surface area (Å²) in [5, 5.41) is 5.92. The molecule has 2 aromatic rings. The first-order valence-electron chi connectivity index (χ1n) is 8.41. The summed E-state index contributed by atoms with van der Waals surface area (Å²) in [6.07, 6.45) is 3.16. The topological polar surface area (TPSA) is 32.3 Å². The Morgan fingerprint density at radius 2 is 1.96 bits per heavy atom. The molecule has 1 saturated heterocycles. The van der Waals surface area contributed by atoms with Gasteiger partial charge < -0.3 is 10.2 Å². The minimum Gasteiger partial charge on any atom is -0.339 e. The van der Waals surface area contributed by atoms with Crippen molar-refractivity contribution in [2.45, 2.75) is 38.3 Å². The Bertz CT molecular complexity index is 604. The summed E-state index contributed by atoms with van der Waals surface area (Å²) < 4.78 is 0. The van der Waals surface area contributed by atoms with E-state index in [1.165, 1.54) is 4.88 Å². The number of rotatable bonds is 5. The Hall–Kier alpha value is -1.65. The smallest absolute Gasteiger partial charge is 0.253 e. The summed E-state index contributed by atoms with van der Waals surface area (Å²) >= 11 is 1.82. The van der Waals surface area contributed by atoms with Crippen molar-refractivity contribution >= 4 is 17.2 Å². The van der Waals surface area contributed by atoms with Crippen LogP contribution in [-0.4, -0.2) is 29.9 Å². The Labute approximate surface area is 142 Å². The number of thiophene rings is 1. The molecule has 1 atom stereocenters. The molecule has 3 nitrogen and oxygen atoms in total. The molecular weight excluding hydrogens is 304 g/mol. The fraction of sp³-hybridized carbons (Fsp3) is 0.421. The van der Waals surface area contributed by atoms with E-state index in [4.69, 9.17) is 0 Å². The van der Waals surface area contributed by atoms with Gasteiger partial charge in [-0.25, -0.2) is 0 Å². The summed E-state index contributed by atoms with van der Waals surface area (Å²) in [7, 11) is 0. The number of hydrogen-bond acceptors (Lipinski definition) is 3. The molecule has 0 radical (unpaired) electrons. The van der Waals surface area contributed by atoms with Crippen LogP contribution in [0.1, 0.15) is 47.5 Å². The number of piperidine rings is 1. The highest BCUT2D eigenvalue weighted by Crippen LogP contribution is 2.24. The van der Waals surface area contributed by atoms with Crippen molar-refractivity contribution < 1.29 is 4.79 Å². The molecular formula is C19H24N2OS. The van der Waals surface area contributed by atoms with Gasteiger partial charge in [-0.2, -0.15) is 0 Å². The predicted octanol–water partition coefficient (Wildman–Crippen LogP) is 4.09. The lowest BCUT2D eigenvalue weighted by molar-refractivity contribution is 0.0701. The van der Waals surface area contributed by atoms with Crippen LogP contribution in [0, 0.1) is 0 Å². The standard InChI is InChI=1S/C19H24N2OS/c1-2-17(18-9-6-14-23-18)20-16-10-12-21(13-11-16)19(22)15-7-4-3-5-8-15/h3-9,14,16-17,20H,2,10-13H2,1H3/t17-/m1/s1. The third-order valence-corrected chi connectivity index (χ3v) is 5.52. The minimum absolute atomic E-state index is 0.161. The zero-order valence-electron chi connectivity index (χ0n) is 13.6. The molecule has 0 bridgehead atoms. The van der Waals surface area contributed by atoms with Crippen LogP contribution >= 0.6 is 11.3 Å². The fourth-order valence-corrected chi connectivity index (χ4v) is 4.06. The molecule has 1 N–H and O–H groups in total. The lowest BCUT2D eigenvalue weighted by Gasteiger charge is -2.34. The van der Waals surface area contributed by atoms with Gasteiger partial charge in [0.1, 0.15) is 0 Å². The molecule has 1 amide bonds. The summed E-state index contributed by atoms with van der Waals surface area (Å²) in [5.41, 5.74) is 0.795. The van der Waals surface area contributed by atoms with Gasteiger partial charge in [-0.15, -0.1) is 11.3 Å². The predicted molar refractivity (Wildman–Crippen MR) is 95.9 cm³/mol. The lowest BCUT2D eigenvalue weighted by Crippen LogP contribution is -2.45. The van der Waals surface area contributed by atoms with Crippen LogP contribution in [-0.2, 0) is 0 Å². The quantitative estimate of drug-likeness (QED) is 0.896. The summed E-state index contributed by atoms with van der Waals surface area (Å²) in [4.78, 5) is 15.9. The van der Waals surface area contributed by atoms with E-state index in [0.717, 1.165) is 37.9 Å². The van der Waals surface area contributed by atoms with Crippen LogP contribution in [0.15, 0.2) is 47.8 Å². The van der Waals surface area contributed by atoms with Crippen LogP contribution < -0.4 is 5.32 Å². The average molecular weight is 328 g/mol. The monoisotopic (exact) mass is 328 g/mol. The molecule has 4 heteroatoms. The lowest BCUT2D eigenvalue weighted by atomic mass is 10.0. The molecule has 0 unspecified atom stereocenters. The largest absolute Gasteiger partial charge is 0.339 e. The SMILES string of the molecule is CC[C@@H](NC1CCN(C(=O)c2ccccc2)CC1)c1cccs1. The van der Waals surface area contributed by atoms with Gasteiger partial charge in [0.25, 0.3) is 5.91 Å². The number of benzene rings is 1. The second kappa shape index (κ2) is 7.75. The normalized spacial score (nSPS) is 17.2. The first kappa shape index (κ1) is 16.2. The highest BCUT2D eigenvalue weighted by atomic mass is 32.1. The van der Waals surface area contributed by atoms with Crippen LogP contribution in [0.25, 0.3) is 0 Å². The van der Waals surface area contributed by atoms with E-state index in [9.17, 15) is 4.79 Å². The Morgan fingerprint density at radius 3 is 2.57 bits per heavy atom. The van der Waals surface area contributed by atoms with Gasteiger partial charge in [0, 0.05) is 35.6 Å². The number of nitrogens with zero attached hydrogens (tertiary/aromatic N) is 1. The number of carbonyl (C=O) groups excluding carboxylic acids is 1. The van der Waals surface area contributed by atoms with Gasteiger partial charge in [0.05, 0.1) is 0 Å². The van der Waals surface area contributed by atoms with Gasteiger partial charge in [0.15, 0.2) is 0 Å². The second-order valence-corrected chi connectivity index (χ2v) is 7.05. The van der Waals surface area contributed by atoms with Crippen molar-refractivity contribution in [1.82, 2.24) is 10.2 Å². The van der Waals surface area contributed by atoms with Crippen molar-refractivity contribution in [1.29, 1.82) is 0 Å². The second-order valence-electron chi connectivity index (χ2n) is 6.08. The van der Waals surface area contributed by atoms with Gasteiger partial charge in [-0.05, 0) is 42.8 Å². The fourth-order valence-electron chi connectivity index (χ4n) is 3.19. The van der Waals surface area contributed by atoms with E-state index in [1.807, 2.05) is 46.6 Å². The molecule has 1 aromatic carbocycles. The third kappa shape index (κ3) is 4.01. The molecule has 2 heterocycles. The van der Waals surface area contributed by atoms with E-state index < -0.39 is 0 Å². The van der Waals surface area contributed by atoms with Gasteiger partial charge in [0.2, 0.25) is 0 Å². The number of nitrogens with one attached hydrogen (secondary N) is 1. The van der Waals surface area contributed by atoms with E-state index in [0.29, 0.717) is 12.1 Å². The van der Waals surface area contributed by atoms with Crippen molar-refractivity contribution in [3.8, 4) is 0 Å². The molecule has 23 heavy (non-hydrogen) atoms. The molecule has 1 aliphatic heterocycles. The van der Waals surface area contributed by atoms with Crippen molar-refractivity contribution in [2.75, 3.05) is 13.1 Å². The van der Waals surface area contributed by atoms with Gasteiger partial charge in [-0.1, -0.05) is 31.2 Å². The number of hydrogen-bond donors (Lipinski definition) is 1. The highest BCUT2D eigenvalue weighted by molar-refractivity contribution is 7.10. The molecule has 0 spiro atoms. The van der Waals surface area contributed by atoms with Crippen LogP contribution in [0.2, 0.25) is 0 Å². The van der Waals surface area contributed by atoms with Crippen LogP contribution in [0.3, 0.4) is 0 Å². The Kier molecular flexibility index (Phi) is 5.47. The third-order valence-electron chi connectivity index (χ3n) is 4.53. The maximum absolute atomic E-state index is 12.5. The van der Waals surface area contributed by atoms with E-state index in [2.05, 4.69) is 29.8 Å². The Morgan fingerprint density at radius 1 is 1.22 bits per heavy atom. The molecule has 1 aliphatic rings. The molecule has 1 aromatic heterocycles. The summed E-state index contributed by atoms with van der Waals surface area (Å²) in [5.74, 6) is 0.161. The van der Waals surface area contributed by atoms with Crippen LogP contribution in [0.5, 0.6) is 0 Å². The zero-order chi connectivity index (χ0) is 16.1. The number of likely N-dealkylation sites (tertiary alicyclic amines) is 1. The molecule has 122 valence electrons. The summed E-state index contributed by atoms with van der Waals surface area (Å²) in [6.45, 7) is 3.91. The Balaban J connectivity index is 1.53. The van der Waals surface area contributed by atoms with Crippen LogP contribution in [0.4, 0.5) is 0 Å². The van der Waals surface area contributed by atoms with Gasteiger partial charge >= 0.3 is 0 Å². The number of amides is 1. The zero-order valence-corrected chi connectivity index (χ0v) is 14.4. The molecule has 3 rings (SSSR count). The van der Waals surface area contributed by atoms with E-state index in [-0.39, 0.29) is 5.91 Å². The van der Waals surface area contributed by atoms with E-state index in [1.54, 1.807) is 0 Å². The molecule has 1 fully saturated rings. The average Bonchev–Trinajstić information content (AvgIpc) is 3.15. The van der Waals surface area contributed by atoms with E-state index >= 15 is 0 Å². The van der Waals surface area contributed by atoms with Gasteiger partial charge in [-0.3, -0.25) is 4.79 Å². The van der Waals surface area contributed by atoms with Crippen molar-refractivity contribution in [2.24, 2.45) is 0 Å². The molecule has 0 saturated carbocycles. The highest BCUT2D eigenvalue weighted by Gasteiger charge is 2.25. The van der Waals surface area contributed by atoms with Crippen molar-refractivity contribution in [3.05, 3.63) is 58.3 Å². The maximum Gasteiger partial charge on any atom is 0.253 e. The minimum atomic E-state index is 0.161. The first-order valence-corrected chi connectivity index (χ1v) is 9.29. The number of carbonyl (C=O) groups is 1. The maximum atomic E-state index is 12.5. The first-order chi connectivity index (χ1) is 11.3. The molecule has 0 aliphatic carbocycles. The van der Waals surface area contributed by atoms with Crippen molar-refractivity contribution in [3.63, 3.8) is 0 Å².